The zero-order valence-electron chi connectivity index (χ0n) is 9.77. The molecule has 0 saturated carbocycles. The Kier molecular flexibility index (Phi) is 4.91. The average molecular weight is 386 g/mol. The van der Waals surface area contributed by atoms with Crippen molar-refractivity contribution in [3.05, 3.63) is 26.8 Å². The molecule has 1 aromatic rings. The van der Waals surface area contributed by atoms with E-state index in [4.69, 9.17) is 5.73 Å². The first-order valence-corrected chi connectivity index (χ1v) is 6.16. The number of carbonyl (C=O) groups excluding carboxylic acids is 2. The van der Waals surface area contributed by atoms with Gasteiger partial charge in [0.25, 0.3) is 0 Å². The Morgan fingerprint density at radius 3 is 2.42 bits per heavy atom. The summed E-state index contributed by atoms with van der Waals surface area (Å²) in [6.07, 6.45) is -5.02. The van der Waals surface area contributed by atoms with Crippen molar-refractivity contribution in [1.29, 1.82) is 0 Å². The van der Waals surface area contributed by atoms with E-state index in [1.807, 2.05) is 22.6 Å². The van der Waals surface area contributed by atoms with Gasteiger partial charge in [0.1, 0.15) is 0 Å². The molecule has 0 aliphatic carbocycles. The van der Waals surface area contributed by atoms with Crippen LogP contribution in [0.4, 0.5) is 18.9 Å². The Labute approximate surface area is 120 Å². The Bertz CT molecular complexity index is 529. The van der Waals surface area contributed by atoms with E-state index < -0.39 is 17.9 Å². The number of anilines is 1. The summed E-state index contributed by atoms with van der Waals surface area (Å²) in [5.41, 5.74) is 5.39. The van der Waals surface area contributed by atoms with Crippen molar-refractivity contribution in [1.82, 2.24) is 0 Å². The second-order valence-electron chi connectivity index (χ2n) is 3.72. The molecule has 0 heterocycles. The van der Waals surface area contributed by atoms with Gasteiger partial charge in [-0.3, -0.25) is 9.59 Å². The van der Waals surface area contributed by atoms with Crippen LogP contribution in [0.25, 0.3) is 0 Å². The number of nitrogens with one attached hydrogen (secondary N) is 1. The minimum absolute atomic E-state index is 0.0236. The van der Waals surface area contributed by atoms with E-state index in [-0.39, 0.29) is 17.8 Å². The summed E-state index contributed by atoms with van der Waals surface area (Å²) in [7, 11) is 0. The molecule has 0 bridgehead atoms. The summed E-state index contributed by atoms with van der Waals surface area (Å²) >= 11 is 1.92. The highest BCUT2D eigenvalue weighted by atomic mass is 127. The van der Waals surface area contributed by atoms with E-state index in [0.717, 1.165) is 0 Å². The summed E-state index contributed by atoms with van der Waals surface area (Å²) < 4.78 is 37.4. The Morgan fingerprint density at radius 2 is 1.95 bits per heavy atom. The van der Waals surface area contributed by atoms with Crippen molar-refractivity contribution in [2.75, 3.05) is 11.9 Å². The van der Waals surface area contributed by atoms with Gasteiger partial charge in [0.2, 0.25) is 0 Å². The van der Waals surface area contributed by atoms with E-state index in [0.29, 0.717) is 9.13 Å². The Morgan fingerprint density at radius 1 is 1.37 bits per heavy atom. The predicted octanol–water partition coefficient (Wildman–Crippen LogP) is 2.24. The van der Waals surface area contributed by atoms with Crippen LogP contribution in [0.5, 0.6) is 0 Å². The number of carbonyl (C=O) groups is 2. The average Bonchev–Trinajstić information content (AvgIpc) is 2.29. The number of hydrogen-bond acceptors (Lipinski definition) is 3. The summed E-state index contributed by atoms with van der Waals surface area (Å²) in [5, 5.41) is 1.72. The summed E-state index contributed by atoms with van der Waals surface area (Å²) in [5.74, 6) is -2.66. The fourth-order valence-electron chi connectivity index (χ4n) is 1.42. The van der Waals surface area contributed by atoms with Gasteiger partial charge in [0, 0.05) is 9.13 Å². The lowest BCUT2D eigenvalue weighted by Gasteiger charge is -2.14. The SMILES string of the molecule is Cc1cc(I)cc(C(=O)CN)c1NC(=O)C(F)(F)F. The van der Waals surface area contributed by atoms with Gasteiger partial charge in [-0.2, -0.15) is 13.2 Å². The molecule has 0 spiro atoms. The predicted molar refractivity (Wildman–Crippen MR) is 72.0 cm³/mol. The molecule has 0 aliphatic heterocycles. The van der Waals surface area contributed by atoms with Crippen molar-refractivity contribution in [2.24, 2.45) is 5.73 Å². The van der Waals surface area contributed by atoms with Crippen LogP contribution in [0.3, 0.4) is 0 Å². The minimum Gasteiger partial charge on any atom is -0.324 e. The van der Waals surface area contributed by atoms with Gasteiger partial charge in [-0.05, 0) is 47.2 Å². The molecule has 0 unspecified atom stereocenters. The van der Waals surface area contributed by atoms with Gasteiger partial charge >= 0.3 is 12.1 Å². The summed E-state index contributed by atoms with van der Waals surface area (Å²) in [6.45, 7) is 1.15. The third-order valence-electron chi connectivity index (χ3n) is 2.28. The molecule has 0 atom stereocenters. The molecule has 0 saturated heterocycles. The molecule has 8 heteroatoms. The Balaban J connectivity index is 3.26. The number of hydrogen-bond donors (Lipinski definition) is 2. The van der Waals surface area contributed by atoms with Crippen LogP contribution in [0.1, 0.15) is 15.9 Å². The van der Waals surface area contributed by atoms with Crippen molar-refractivity contribution in [3.63, 3.8) is 0 Å². The second kappa shape index (κ2) is 5.87. The fraction of sp³-hybridized carbons (Fsp3) is 0.273. The van der Waals surface area contributed by atoms with Crippen LogP contribution in [0.2, 0.25) is 0 Å². The third kappa shape index (κ3) is 3.90. The number of rotatable bonds is 3. The number of aryl methyl sites for hydroxylation is 1. The molecule has 19 heavy (non-hydrogen) atoms. The Hall–Kier alpha value is -1.16. The van der Waals surface area contributed by atoms with Gasteiger partial charge in [-0.25, -0.2) is 0 Å². The second-order valence-corrected chi connectivity index (χ2v) is 4.97. The van der Waals surface area contributed by atoms with Gasteiger partial charge in [-0.1, -0.05) is 0 Å². The molecule has 1 amide bonds. The smallest absolute Gasteiger partial charge is 0.324 e. The molecule has 1 aromatic carbocycles. The van der Waals surface area contributed by atoms with E-state index in [1.54, 1.807) is 11.4 Å². The molecule has 3 N–H and O–H groups in total. The van der Waals surface area contributed by atoms with Gasteiger partial charge in [0.05, 0.1) is 12.2 Å². The number of nitrogens with two attached hydrogens (primary N) is 1. The van der Waals surface area contributed by atoms with Crippen molar-refractivity contribution >= 4 is 40.0 Å². The first kappa shape index (κ1) is 15.9. The van der Waals surface area contributed by atoms with Gasteiger partial charge in [0.15, 0.2) is 5.78 Å². The molecular formula is C11H10F3IN2O2. The maximum absolute atomic E-state index is 12.2. The minimum atomic E-state index is -5.02. The maximum atomic E-state index is 12.2. The van der Waals surface area contributed by atoms with E-state index in [9.17, 15) is 22.8 Å². The quantitative estimate of drug-likeness (QED) is 0.619. The first-order valence-electron chi connectivity index (χ1n) is 5.08. The molecule has 0 radical (unpaired) electrons. The van der Waals surface area contributed by atoms with E-state index >= 15 is 0 Å². The molecule has 0 fully saturated rings. The first-order chi connectivity index (χ1) is 8.66. The number of alkyl halides is 3. The number of ketones is 1. The highest BCUT2D eigenvalue weighted by molar-refractivity contribution is 14.1. The topological polar surface area (TPSA) is 72.2 Å². The maximum Gasteiger partial charge on any atom is 0.471 e. The fourth-order valence-corrected chi connectivity index (χ4v) is 2.20. The number of Topliss-reactive ketones (excluding diaryl/α,β-unsaturated/α-hetero) is 1. The molecule has 0 aromatic heterocycles. The highest BCUT2D eigenvalue weighted by Crippen LogP contribution is 2.26. The molecular weight excluding hydrogens is 376 g/mol. The lowest BCUT2D eigenvalue weighted by Crippen LogP contribution is -2.31. The lowest BCUT2D eigenvalue weighted by atomic mass is 10.0. The summed E-state index contributed by atoms with van der Waals surface area (Å²) in [4.78, 5) is 22.6. The van der Waals surface area contributed by atoms with Gasteiger partial charge in [-0.15, -0.1) is 0 Å². The van der Waals surface area contributed by atoms with Crippen LogP contribution in [0.15, 0.2) is 12.1 Å². The van der Waals surface area contributed by atoms with E-state index in [1.165, 1.54) is 13.0 Å². The number of amides is 1. The molecule has 104 valence electrons. The summed E-state index contributed by atoms with van der Waals surface area (Å²) in [6, 6.07) is 2.94. The van der Waals surface area contributed by atoms with Crippen LogP contribution in [-0.2, 0) is 4.79 Å². The van der Waals surface area contributed by atoms with Crippen molar-refractivity contribution < 1.29 is 22.8 Å². The molecule has 0 aliphatic rings. The molecule has 4 nitrogen and oxygen atoms in total. The number of halogens is 4. The van der Waals surface area contributed by atoms with Crippen molar-refractivity contribution in [3.8, 4) is 0 Å². The van der Waals surface area contributed by atoms with Gasteiger partial charge < -0.3 is 11.1 Å². The third-order valence-corrected chi connectivity index (χ3v) is 2.90. The largest absolute Gasteiger partial charge is 0.471 e. The van der Waals surface area contributed by atoms with Crippen LogP contribution in [-0.4, -0.2) is 24.4 Å². The number of benzene rings is 1. The highest BCUT2D eigenvalue weighted by Gasteiger charge is 2.39. The van der Waals surface area contributed by atoms with Crippen molar-refractivity contribution in [2.45, 2.75) is 13.1 Å². The van der Waals surface area contributed by atoms with E-state index in [2.05, 4.69) is 0 Å². The van der Waals surface area contributed by atoms with Crippen LogP contribution in [0, 0.1) is 10.5 Å². The standard InChI is InChI=1S/C11H10F3IN2O2/c1-5-2-6(15)3-7(8(18)4-16)9(5)17-10(19)11(12,13)14/h2-3H,4,16H2,1H3,(H,17,19). The monoisotopic (exact) mass is 386 g/mol. The van der Waals surface area contributed by atoms with Crippen LogP contribution >= 0.6 is 22.6 Å². The zero-order valence-corrected chi connectivity index (χ0v) is 11.9. The lowest BCUT2D eigenvalue weighted by molar-refractivity contribution is -0.167. The normalized spacial score (nSPS) is 11.3. The van der Waals surface area contributed by atoms with Crippen LogP contribution < -0.4 is 11.1 Å². The molecule has 1 rings (SSSR count). The zero-order chi connectivity index (χ0) is 14.8.